The molecule has 3 fully saturated rings. The van der Waals surface area contributed by atoms with Gasteiger partial charge in [-0.3, -0.25) is 0 Å². The average molecular weight is 222 g/mol. The summed E-state index contributed by atoms with van der Waals surface area (Å²) < 4.78 is 0. The zero-order valence-corrected chi connectivity index (χ0v) is 10.5. The Morgan fingerprint density at radius 2 is 1.81 bits per heavy atom. The fourth-order valence-corrected chi connectivity index (χ4v) is 4.04. The molecule has 3 rings (SSSR count). The molecular formula is C14H26N2. The van der Waals surface area contributed by atoms with Gasteiger partial charge in [0.25, 0.3) is 0 Å². The highest BCUT2D eigenvalue weighted by molar-refractivity contribution is 4.90. The normalized spacial score (nSPS) is 41.6. The summed E-state index contributed by atoms with van der Waals surface area (Å²) in [5.74, 6) is 0.953. The van der Waals surface area contributed by atoms with Gasteiger partial charge in [0, 0.05) is 18.6 Å². The molecule has 92 valence electrons. The molecular weight excluding hydrogens is 196 g/mol. The first-order valence-electron chi connectivity index (χ1n) is 7.41. The summed E-state index contributed by atoms with van der Waals surface area (Å²) in [6, 6.07) is 1.80. The van der Waals surface area contributed by atoms with E-state index in [-0.39, 0.29) is 0 Å². The molecule has 2 nitrogen and oxygen atoms in total. The van der Waals surface area contributed by atoms with E-state index in [0.29, 0.717) is 0 Å². The molecule has 3 aliphatic heterocycles. The van der Waals surface area contributed by atoms with Gasteiger partial charge in [-0.05, 0) is 57.5 Å². The third kappa shape index (κ3) is 2.28. The van der Waals surface area contributed by atoms with Crippen molar-refractivity contribution in [3.8, 4) is 0 Å². The minimum atomic E-state index is 0.844. The van der Waals surface area contributed by atoms with Crippen LogP contribution in [0, 0.1) is 5.92 Å². The second-order valence-corrected chi connectivity index (χ2v) is 6.04. The quantitative estimate of drug-likeness (QED) is 0.733. The Balaban J connectivity index is 1.57. The minimum Gasteiger partial charge on any atom is -0.314 e. The van der Waals surface area contributed by atoms with Gasteiger partial charge in [-0.15, -0.1) is 0 Å². The highest BCUT2D eigenvalue weighted by Crippen LogP contribution is 2.32. The van der Waals surface area contributed by atoms with Crippen LogP contribution in [0.4, 0.5) is 0 Å². The summed E-state index contributed by atoms with van der Waals surface area (Å²) in [7, 11) is 0. The van der Waals surface area contributed by atoms with Gasteiger partial charge in [-0.1, -0.05) is 12.8 Å². The molecule has 0 saturated carbocycles. The van der Waals surface area contributed by atoms with Crippen LogP contribution in [0.2, 0.25) is 0 Å². The molecule has 0 radical (unpaired) electrons. The van der Waals surface area contributed by atoms with E-state index < -0.39 is 0 Å². The maximum atomic E-state index is 3.76. The molecule has 0 bridgehead atoms. The van der Waals surface area contributed by atoms with Crippen LogP contribution < -0.4 is 5.32 Å². The number of hydrogen-bond acceptors (Lipinski definition) is 2. The summed E-state index contributed by atoms with van der Waals surface area (Å²) >= 11 is 0. The molecule has 2 heteroatoms. The van der Waals surface area contributed by atoms with Gasteiger partial charge in [0.15, 0.2) is 0 Å². The smallest absolute Gasteiger partial charge is 0.0108 e. The van der Waals surface area contributed by atoms with Crippen LogP contribution in [0.5, 0.6) is 0 Å². The van der Waals surface area contributed by atoms with Crippen LogP contribution >= 0.6 is 0 Å². The van der Waals surface area contributed by atoms with Gasteiger partial charge < -0.3 is 10.2 Å². The van der Waals surface area contributed by atoms with Crippen LogP contribution in [0.15, 0.2) is 0 Å². The van der Waals surface area contributed by atoms with E-state index in [1.165, 1.54) is 71.0 Å². The van der Waals surface area contributed by atoms with Crippen molar-refractivity contribution in [2.45, 2.75) is 63.5 Å². The summed E-state index contributed by atoms with van der Waals surface area (Å²) in [4.78, 5) is 2.80. The molecule has 3 heterocycles. The number of nitrogens with one attached hydrogen (secondary N) is 1. The topological polar surface area (TPSA) is 15.3 Å². The van der Waals surface area contributed by atoms with Crippen molar-refractivity contribution >= 4 is 0 Å². The number of rotatable bonds is 1. The van der Waals surface area contributed by atoms with Gasteiger partial charge in [0.1, 0.15) is 0 Å². The predicted octanol–water partition coefficient (Wildman–Crippen LogP) is 2.39. The zero-order valence-electron chi connectivity index (χ0n) is 10.5. The zero-order chi connectivity index (χ0) is 10.8. The second-order valence-electron chi connectivity index (χ2n) is 6.04. The Hall–Kier alpha value is -0.0800. The van der Waals surface area contributed by atoms with Crippen molar-refractivity contribution in [2.75, 3.05) is 19.6 Å². The Bertz CT molecular complexity index is 220. The monoisotopic (exact) mass is 222 g/mol. The number of nitrogens with zero attached hydrogens (tertiary/aromatic N) is 1. The Morgan fingerprint density at radius 3 is 2.69 bits per heavy atom. The lowest BCUT2D eigenvalue weighted by Crippen LogP contribution is -2.52. The third-order valence-corrected chi connectivity index (χ3v) is 5.01. The molecule has 3 aliphatic rings. The molecule has 16 heavy (non-hydrogen) atoms. The number of fused-ring (bicyclic) bond motifs is 1. The summed E-state index contributed by atoms with van der Waals surface area (Å²) in [5, 5.41) is 3.76. The Kier molecular flexibility index (Phi) is 3.49. The maximum Gasteiger partial charge on any atom is 0.0108 e. The van der Waals surface area contributed by atoms with Gasteiger partial charge in [0.2, 0.25) is 0 Å². The molecule has 3 atom stereocenters. The van der Waals surface area contributed by atoms with E-state index in [1.54, 1.807) is 0 Å². The standard InChI is InChI=1S/C14H26N2/c1-3-9-15-14(6-1)12-7-8-13-5-2-4-10-16(13)11-12/h12-15H,1-11H2/t12?,13?,14-/m1/s1. The van der Waals surface area contributed by atoms with Crippen molar-refractivity contribution < 1.29 is 0 Å². The first-order valence-corrected chi connectivity index (χ1v) is 7.41. The molecule has 0 spiro atoms. The second kappa shape index (κ2) is 5.05. The minimum absolute atomic E-state index is 0.844. The highest BCUT2D eigenvalue weighted by atomic mass is 15.2. The van der Waals surface area contributed by atoms with Gasteiger partial charge in [-0.25, -0.2) is 0 Å². The van der Waals surface area contributed by atoms with Crippen molar-refractivity contribution in [1.29, 1.82) is 0 Å². The van der Waals surface area contributed by atoms with E-state index in [0.717, 1.165) is 18.0 Å². The Labute approximate surface area is 99.8 Å². The van der Waals surface area contributed by atoms with Gasteiger partial charge in [0.05, 0.1) is 0 Å². The summed E-state index contributed by atoms with van der Waals surface area (Å²) in [6.45, 7) is 4.04. The van der Waals surface area contributed by atoms with Crippen LogP contribution in [0.1, 0.15) is 51.4 Å². The number of hydrogen-bond donors (Lipinski definition) is 1. The van der Waals surface area contributed by atoms with Gasteiger partial charge in [-0.2, -0.15) is 0 Å². The van der Waals surface area contributed by atoms with Crippen LogP contribution in [0.25, 0.3) is 0 Å². The van der Waals surface area contributed by atoms with E-state index in [9.17, 15) is 0 Å². The number of piperidine rings is 3. The van der Waals surface area contributed by atoms with Crippen molar-refractivity contribution in [1.82, 2.24) is 10.2 Å². The molecule has 0 amide bonds. The predicted molar refractivity (Wildman–Crippen MR) is 67.6 cm³/mol. The SMILES string of the molecule is C1CC[C@H](C2CCC3CCCCN3C2)NC1. The summed E-state index contributed by atoms with van der Waals surface area (Å²) in [5.41, 5.74) is 0. The van der Waals surface area contributed by atoms with Crippen LogP contribution in [-0.4, -0.2) is 36.6 Å². The van der Waals surface area contributed by atoms with Crippen molar-refractivity contribution in [3.05, 3.63) is 0 Å². The first-order chi connectivity index (χ1) is 7.93. The maximum absolute atomic E-state index is 3.76. The third-order valence-electron chi connectivity index (χ3n) is 5.01. The van der Waals surface area contributed by atoms with E-state index in [4.69, 9.17) is 0 Å². The Morgan fingerprint density at radius 1 is 0.875 bits per heavy atom. The van der Waals surface area contributed by atoms with E-state index >= 15 is 0 Å². The molecule has 0 aliphatic carbocycles. The lowest BCUT2D eigenvalue weighted by Gasteiger charge is -2.45. The van der Waals surface area contributed by atoms with Crippen LogP contribution in [0.3, 0.4) is 0 Å². The highest BCUT2D eigenvalue weighted by Gasteiger charge is 2.33. The van der Waals surface area contributed by atoms with Crippen molar-refractivity contribution in [3.63, 3.8) is 0 Å². The first kappa shape index (κ1) is 11.0. The lowest BCUT2D eigenvalue weighted by molar-refractivity contribution is 0.0570. The van der Waals surface area contributed by atoms with Gasteiger partial charge >= 0.3 is 0 Å². The molecule has 0 aromatic heterocycles. The van der Waals surface area contributed by atoms with E-state index in [1.807, 2.05) is 0 Å². The molecule has 3 saturated heterocycles. The fraction of sp³-hybridized carbons (Fsp3) is 1.00. The molecule has 1 N–H and O–H groups in total. The van der Waals surface area contributed by atoms with Crippen molar-refractivity contribution in [2.24, 2.45) is 5.92 Å². The average Bonchev–Trinajstić information content (AvgIpc) is 2.39. The van der Waals surface area contributed by atoms with Crippen LogP contribution in [-0.2, 0) is 0 Å². The fourth-order valence-electron chi connectivity index (χ4n) is 4.04. The molecule has 2 unspecified atom stereocenters. The molecule has 0 aromatic rings. The molecule has 0 aromatic carbocycles. The lowest BCUT2D eigenvalue weighted by atomic mass is 9.81. The van der Waals surface area contributed by atoms with E-state index in [2.05, 4.69) is 10.2 Å². The largest absolute Gasteiger partial charge is 0.314 e. The summed E-state index contributed by atoms with van der Waals surface area (Å²) in [6.07, 6.45) is 11.7.